The van der Waals surface area contributed by atoms with Crippen molar-refractivity contribution in [3.05, 3.63) is 72.8 Å². The van der Waals surface area contributed by atoms with E-state index in [9.17, 15) is 4.79 Å². The van der Waals surface area contributed by atoms with Gasteiger partial charge in [0.25, 0.3) is 0 Å². The van der Waals surface area contributed by atoms with Crippen LogP contribution in [0.5, 0.6) is 23.1 Å². The lowest BCUT2D eigenvalue weighted by atomic mass is 10.0. The van der Waals surface area contributed by atoms with Gasteiger partial charge in [-0.2, -0.15) is 0 Å². The largest absolute Gasteiger partial charge is 0.486 e. The highest BCUT2D eigenvalue weighted by Gasteiger charge is 2.17. The second kappa shape index (κ2) is 7.99. The molecule has 1 aromatic heterocycles. The summed E-state index contributed by atoms with van der Waals surface area (Å²) in [6.07, 6.45) is 0. The molecule has 31 heavy (non-hydrogen) atoms. The SMILES string of the molecule is CC(=O)Nc1ccc(Oc2cc(-c3ccccc3)c3cc4c(cc3n2)OCCO4)cc1. The van der Waals surface area contributed by atoms with Gasteiger partial charge in [0, 0.05) is 30.1 Å². The van der Waals surface area contributed by atoms with Crippen LogP contribution in [0.15, 0.2) is 72.8 Å². The lowest BCUT2D eigenvalue weighted by Gasteiger charge is -2.20. The Hall–Kier alpha value is -4.06. The number of hydrogen-bond acceptors (Lipinski definition) is 5. The molecular formula is C25H20N2O4. The van der Waals surface area contributed by atoms with E-state index in [1.807, 2.05) is 36.4 Å². The van der Waals surface area contributed by atoms with Crippen LogP contribution < -0.4 is 19.5 Å². The fourth-order valence-electron chi connectivity index (χ4n) is 3.58. The summed E-state index contributed by atoms with van der Waals surface area (Å²) in [6.45, 7) is 2.52. The molecule has 1 N–H and O–H groups in total. The number of aromatic nitrogens is 1. The number of nitrogens with zero attached hydrogens (tertiary/aromatic N) is 1. The van der Waals surface area contributed by atoms with Gasteiger partial charge in [-0.15, -0.1) is 0 Å². The third-order valence-electron chi connectivity index (χ3n) is 4.93. The van der Waals surface area contributed by atoms with Crippen molar-refractivity contribution >= 4 is 22.5 Å². The van der Waals surface area contributed by atoms with Gasteiger partial charge in [-0.1, -0.05) is 30.3 Å². The molecule has 1 amide bonds. The highest BCUT2D eigenvalue weighted by molar-refractivity contribution is 5.97. The average molecular weight is 412 g/mol. The van der Waals surface area contributed by atoms with Gasteiger partial charge >= 0.3 is 0 Å². The Balaban J connectivity index is 1.57. The highest BCUT2D eigenvalue weighted by atomic mass is 16.6. The number of carbonyl (C=O) groups excluding carboxylic acids is 1. The molecule has 0 fully saturated rings. The molecule has 0 unspecified atom stereocenters. The molecule has 1 aliphatic heterocycles. The van der Waals surface area contributed by atoms with Gasteiger partial charge in [-0.25, -0.2) is 4.98 Å². The third-order valence-corrected chi connectivity index (χ3v) is 4.93. The first-order chi connectivity index (χ1) is 15.2. The van der Waals surface area contributed by atoms with E-state index in [4.69, 9.17) is 19.2 Å². The molecule has 0 bridgehead atoms. The molecule has 0 radical (unpaired) electrons. The van der Waals surface area contributed by atoms with Crippen molar-refractivity contribution in [1.29, 1.82) is 0 Å². The van der Waals surface area contributed by atoms with Crippen LogP contribution in [0.2, 0.25) is 0 Å². The van der Waals surface area contributed by atoms with Gasteiger partial charge < -0.3 is 19.5 Å². The first kappa shape index (κ1) is 18.9. The Labute approximate surface area is 179 Å². The molecule has 0 spiro atoms. The van der Waals surface area contributed by atoms with Crippen LogP contribution in [0, 0.1) is 0 Å². The van der Waals surface area contributed by atoms with Crippen LogP contribution in [-0.4, -0.2) is 24.1 Å². The van der Waals surface area contributed by atoms with Crippen LogP contribution in [0.4, 0.5) is 5.69 Å². The summed E-state index contributed by atoms with van der Waals surface area (Å²) in [4.78, 5) is 15.9. The van der Waals surface area contributed by atoms with Crippen LogP contribution >= 0.6 is 0 Å². The Morgan fingerprint density at radius 2 is 1.65 bits per heavy atom. The van der Waals surface area contributed by atoms with Gasteiger partial charge in [0.15, 0.2) is 11.5 Å². The Morgan fingerprint density at radius 3 is 2.35 bits per heavy atom. The summed E-state index contributed by atoms with van der Waals surface area (Å²) in [5.41, 5.74) is 3.51. The van der Waals surface area contributed by atoms with Gasteiger partial charge in [0.2, 0.25) is 11.8 Å². The molecule has 5 rings (SSSR count). The van der Waals surface area contributed by atoms with Crippen LogP contribution in [0.25, 0.3) is 22.0 Å². The number of rotatable bonds is 4. The molecule has 0 aliphatic carbocycles. The molecule has 0 saturated carbocycles. The number of ether oxygens (including phenoxy) is 3. The number of pyridine rings is 1. The average Bonchev–Trinajstić information content (AvgIpc) is 2.79. The Kier molecular flexibility index (Phi) is 4.88. The summed E-state index contributed by atoms with van der Waals surface area (Å²) in [5.74, 6) is 2.38. The van der Waals surface area contributed by atoms with Crippen molar-refractivity contribution < 1.29 is 19.0 Å². The maximum Gasteiger partial charge on any atom is 0.221 e. The monoisotopic (exact) mass is 412 g/mol. The van der Waals surface area contributed by atoms with E-state index >= 15 is 0 Å². The number of anilines is 1. The fraction of sp³-hybridized carbons (Fsp3) is 0.120. The zero-order chi connectivity index (χ0) is 21.2. The second-order valence-electron chi connectivity index (χ2n) is 7.19. The summed E-state index contributed by atoms with van der Waals surface area (Å²) in [5, 5.41) is 3.71. The summed E-state index contributed by atoms with van der Waals surface area (Å²) in [7, 11) is 0. The predicted octanol–water partition coefficient (Wildman–Crippen LogP) is 5.42. The van der Waals surface area contributed by atoms with Gasteiger partial charge in [-0.3, -0.25) is 4.79 Å². The first-order valence-electron chi connectivity index (χ1n) is 10.0. The lowest BCUT2D eigenvalue weighted by molar-refractivity contribution is -0.114. The van der Waals surface area contributed by atoms with Crippen LogP contribution in [-0.2, 0) is 4.79 Å². The van der Waals surface area contributed by atoms with E-state index in [-0.39, 0.29) is 5.91 Å². The highest BCUT2D eigenvalue weighted by Crippen LogP contribution is 2.40. The Bertz CT molecular complexity index is 1250. The standard InChI is InChI=1S/C25H20N2O4/c1-16(28)26-18-7-9-19(10-8-18)31-25-14-20(17-5-3-2-4-6-17)21-13-23-24(15-22(21)27-25)30-12-11-29-23/h2-10,13-15H,11-12H2,1H3,(H,26,28). The molecule has 154 valence electrons. The maximum atomic E-state index is 11.2. The smallest absolute Gasteiger partial charge is 0.221 e. The molecule has 4 aromatic rings. The summed E-state index contributed by atoms with van der Waals surface area (Å²) in [6, 6.07) is 23.1. The van der Waals surface area contributed by atoms with Gasteiger partial charge in [-0.05, 0) is 41.5 Å². The van der Waals surface area contributed by atoms with Crippen LogP contribution in [0.1, 0.15) is 6.92 Å². The fourth-order valence-corrected chi connectivity index (χ4v) is 3.58. The van der Waals surface area contributed by atoms with E-state index in [2.05, 4.69) is 17.4 Å². The minimum absolute atomic E-state index is 0.119. The zero-order valence-electron chi connectivity index (χ0n) is 16.9. The van der Waals surface area contributed by atoms with E-state index in [0.29, 0.717) is 36.3 Å². The molecule has 3 aromatic carbocycles. The Morgan fingerprint density at radius 1 is 0.935 bits per heavy atom. The van der Waals surface area contributed by atoms with Crippen molar-refractivity contribution in [3.63, 3.8) is 0 Å². The molecule has 1 aliphatic rings. The zero-order valence-corrected chi connectivity index (χ0v) is 16.9. The van der Waals surface area contributed by atoms with Crippen molar-refractivity contribution in [3.8, 4) is 34.3 Å². The topological polar surface area (TPSA) is 69.7 Å². The molecule has 2 heterocycles. The molecule has 6 nitrogen and oxygen atoms in total. The third kappa shape index (κ3) is 4.00. The van der Waals surface area contributed by atoms with Crippen molar-refractivity contribution in [2.45, 2.75) is 6.92 Å². The summed E-state index contributed by atoms with van der Waals surface area (Å²) >= 11 is 0. The quantitative estimate of drug-likeness (QED) is 0.484. The molecule has 0 saturated heterocycles. The second-order valence-corrected chi connectivity index (χ2v) is 7.19. The minimum atomic E-state index is -0.119. The normalized spacial score (nSPS) is 12.4. The van der Waals surface area contributed by atoms with Crippen molar-refractivity contribution in [1.82, 2.24) is 4.98 Å². The number of fused-ring (bicyclic) bond motifs is 2. The predicted molar refractivity (Wildman–Crippen MR) is 119 cm³/mol. The minimum Gasteiger partial charge on any atom is -0.486 e. The van der Waals surface area contributed by atoms with Gasteiger partial charge in [0.1, 0.15) is 19.0 Å². The number of hydrogen-bond donors (Lipinski definition) is 1. The lowest BCUT2D eigenvalue weighted by Crippen LogP contribution is -2.15. The molecule has 6 heteroatoms. The van der Waals surface area contributed by atoms with Crippen molar-refractivity contribution in [2.75, 3.05) is 18.5 Å². The number of amides is 1. The van der Waals surface area contributed by atoms with Crippen molar-refractivity contribution in [2.24, 2.45) is 0 Å². The van der Waals surface area contributed by atoms with Crippen LogP contribution in [0.3, 0.4) is 0 Å². The van der Waals surface area contributed by atoms with E-state index in [1.54, 1.807) is 24.3 Å². The molecule has 0 atom stereocenters. The molecular weight excluding hydrogens is 392 g/mol. The maximum absolute atomic E-state index is 11.2. The number of nitrogens with one attached hydrogen (secondary N) is 1. The van der Waals surface area contributed by atoms with E-state index < -0.39 is 0 Å². The van der Waals surface area contributed by atoms with Gasteiger partial charge in [0.05, 0.1) is 5.52 Å². The van der Waals surface area contributed by atoms with E-state index in [1.165, 1.54) is 6.92 Å². The van der Waals surface area contributed by atoms with E-state index in [0.717, 1.165) is 27.8 Å². The number of carbonyl (C=O) groups is 1. The summed E-state index contributed by atoms with van der Waals surface area (Å²) < 4.78 is 17.6. The first-order valence-corrected chi connectivity index (χ1v) is 10.0. The number of benzene rings is 3.